The van der Waals surface area contributed by atoms with E-state index in [9.17, 15) is 5.11 Å². The van der Waals surface area contributed by atoms with Gasteiger partial charge in [-0.25, -0.2) is 0 Å². The van der Waals surface area contributed by atoms with E-state index in [4.69, 9.17) is 14.2 Å². The highest BCUT2D eigenvalue weighted by atomic mass is 16.6. The molecule has 0 spiro atoms. The van der Waals surface area contributed by atoms with Gasteiger partial charge in [-0.05, 0) is 29.5 Å². The molecule has 3 aromatic carbocycles. The predicted molar refractivity (Wildman–Crippen MR) is 120 cm³/mol. The van der Waals surface area contributed by atoms with Crippen molar-refractivity contribution in [1.29, 1.82) is 0 Å². The van der Waals surface area contributed by atoms with Crippen LogP contribution in [0.4, 0.5) is 0 Å². The zero-order valence-corrected chi connectivity index (χ0v) is 17.7. The SMILES string of the molecule is OC1CC[C@H](OCc2ccccc2)[C@H](OCc2ccccc2)[C@H]1OCc1ccccc1. The minimum absolute atomic E-state index is 0.145. The van der Waals surface area contributed by atoms with Gasteiger partial charge in [0.1, 0.15) is 12.2 Å². The van der Waals surface area contributed by atoms with E-state index in [2.05, 4.69) is 12.1 Å². The molecule has 0 aliphatic heterocycles. The first kappa shape index (κ1) is 21.7. The summed E-state index contributed by atoms with van der Waals surface area (Å²) in [5.41, 5.74) is 3.28. The van der Waals surface area contributed by atoms with Crippen molar-refractivity contribution in [3.63, 3.8) is 0 Å². The highest BCUT2D eigenvalue weighted by molar-refractivity contribution is 5.15. The van der Waals surface area contributed by atoms with Gasteiger partial charge in [-0.15, -0.1) is 0 Å². The molecule has 0 bridgehead atoms. The van der Waals surface area contributed by atoms with E-state index in [0.717, 1.165) is 23.1 Å². The summed E-state index contributed by atoms with van der Waals surface area (Å²) in [6, 6.07) is 30.2. The van der Waals surface area contributed by atoms with Gasteiger partial charge in [0.25, 0.3) is 0 Å². The van der Waals surface area contributed by atoms with E-state index < -0.39 is 12.2 Å². The van der Waals surface area contributed by atoms with E-state index in [1.54, 1.807) is 0 Å². The molecule has 1 saturated carbocycles. The fourth-order valence-electron chi connectivity index (χ4n) is 3.99. The summed E-state index contributed by atoms with van der Waals surface area (Å²) in [4.78, 5) is 0. The second kappa shape index (κ2) is 11.2. The van der Waals surface area contributed by atoms with Crippen LogP contribution in [0.25, 0.3) is 0 Å². The number of ether oxygens (including phenoxy) is 3. The lowest BCUT2D eigenvalue weighted by Crippen LogP contribution is -2.52. The average Bonchev–Trinajstić information content (AvgIpc) is 2.83. The molecule has 31 heavy (non-hydrogen) atoms. The van der Waals surface area contributed by atoms with Gasteiger partial charge in [-0.3, -0.25) is 0 Å². The Morgan fingerprint density at radius 1 is 0.548 bits per heavy atom. The summed E-state index contributed by atoms with van der Waals surface area (Å²) in [6.07, 6.45) is -0.160. The van der Waals surface area contributed by atoms with Gasteiger partial charge in [-0.1, -0.05) is 91.0 Å². The molecule has 0 saturated heterocycles. The Labute approximate surface area is 184 Å². The Morgan fingerprint density at radius 3 is 1.45 bits per heavy atom. The largest absolute Gasteiger partial charge is 0.390 e. The highest BCUT2D eigenvalue weighted by Crippen LogP contribution is 2.29. The standard InChI is InChI=1S/C27H30O4/c28-24-16-17-25(29-18-21-10-4-1-5-11-21)27(31-20-23-14-8-3-9-15-23)26(24)30-19-22-12-6-2-7-13-22/h1-15,24-28H,16-20H2/t24?,25-,26-,27-/m0/s1. The van der Waals surface area contributed by atoms with Crippen LogP contribution >= 0.6 is 0 Å². The molecule has 0 aromatic heterocycles. The van der Waals surface area contributed by atoms with Crippen molar-refractivity contribution < 1.29 is 19.3 Å². The summed E-state index contributed by atoms with van der Waals surface area (Å²) in [5, 5.41) is 10.8. The van der Waals surface area contributed by atoms with Gasteiger partial charge >= 0.3 is 0 Å². The summed E-state index contributed by atoms with van der Waals surface area (Å²) in [6.45, 7) is 1.39. The zero-order valence-electron chi connectivity index (χ0n) is 17.7. The summed E-state index contributed by atoms with van der Waals surface area (Å²) < 4.78 is 18.8. The Balaban J connectivity index is 1.46. The van der Waals surface area contributed by atoms with E-state index in [1.807, 2.05) is 78.9 Å². The van der Waals surface area contributed by atoms with Gasteiger partial charge < -0.3 is 19.3 Å². The van der Waals surface area contributed by atoms with Crippen LogP contribution in [0.15, 0.2) is 91.0 Å². The van der Waals surface area contributed by atoms with Crippen molar-refractivity contribution in [2.45, 2.75) is 57.1 Å². The smallest absolute Gasteiger partial charge is 0.113 e. The van der Waals surface area contributed by atoms with Crippen LogP contribution in [0.2, 0.25) is 0 Å². The number of hydrogen-bond acceptors (Lipinski definition) is 4. The number of hydrogen-bond donors (Lipinski definition) is 1. The number of benzene rings is 3. The topological polar surface area (TPSA) is 47.9 Å². The van der Waals surface area contributed by atoms with Gasteiger partial charge in [-0.2, -0.15) is 0 Å². The molecule has 1 aliphatic rings. The van der Waals surface area contributed by atoms with Crippen molar-refractivity contribution in [3.8, 4) is 0 Å². The van der Waals surface area contributed by atoms with Gasteiger partial charge in [0.2, 0.25) is 0 Å². The lowest BCUT2D eigenvalue weighted by atomic mass is 9.89. The molecular formula is C27H30O4. The highest BCUT2D eigenvalue weighted by Gasteiger charge is 2.41. The molecule has 4 rings (SSSR count). The lowest BCUT2D eigenvalue weighted by molar-refractivity contribution is -0.201. The van der Waals surface area contributed by atoms with Crippen LogP contribution < -0.4 is 0 Å². The molecule has 4 atom stereocenters. The fraction of sp³-hybridized carbons (Fsp3) is 0.333. The predicted octanol–water partition coefficient (Wildman–Crippen LogP) is 4.90. The summed E-state index contributed by atoms with van der Waals surface area (Å²) in [7, 11) is 0. The summed E-state index contributed by atoms with van der Waals surface area (Å²) >= 11 is 0. The molecule has 1 unspecified atom stereocenters. The lowest BCUT2D eigenvalue weighted by Gasteiger charge is -2.40. The molecule has 0 amide bonds. The first-order chi connectivity index (χ1) is 15.3. The first-order valence-corrected chi connectivity index (χ1v) is 10.9. The van der Waals surface area contributed by atoms with Crippen LogP contribution in [0.1, 0.15) is 29.5 Å². The third-order valence-electron chi connectivity index (χ3n) is 5.69. The van der Waals surface area contributed by atoms with Crippen molar-refractivity contribution in [1.82, 2.24) is 0 Å². The first-order valence-electron chi connectivity index (χ1n) is 10.9. The second-order valence-electron chi connectivity index (χ2n) is 8.00. The molecule has 162 valence electrons. The minimum atomic E-state index is -0.582. The number of aliphatic hydroxyl groups is 1. The Bertz CT molecular complexity index is 885. The van der Waals surface area contributed by atoms with Crippen LogP contribution in [0.3, 0.4) is 0 Å². The molecule has 1 fully saturated rings. The molecule has 4 nitrogen and oxygen atoms in total. The van der Waals surface area contributed by atoms with Crippen molar-refractivity contribution in [3.05, 3.63) is 108 Å². The van der Waals surface area contributed by atoms with E-state index in [0.29, 0.717) is 26.2 Å². The van der Waals surface area contributed by atoms with E-state index >= 15 is 0 Å². The van der Waals surface area contributed by atoms with E-state index in [1.165, 1.54) is 0 Å². The fourth-order valence-corrected chi connectivity index (χ4v) is 3.99. The van der Waals surface area contributed by atoms with Crippen molar-refractivity contribution in [2.24, 2.45) is 0 Å². The number of rotatable bonds is 9. The van der Waals surface area contributed by atoms with Crippen molar-refractivity contribution in [2.75, 3.05) is 0 Å². The molecule has 1 aliphatic carbocycles. The van der Waals surface area contributed by atoms with Gasteiger partial charge in [0.15, 0.2) is 0 Å². The summed E-state index contributed by atoms with van der Waals surface area (Å²) in [5.74, 6) is 0. The molecule has 0 radical (unpaired) electrons. The maximum absolute atomic E-state index is 10.8. The van der Waals surface area contributed by atoms with Crippen LogP contribution in [-0.2, 0) is 34.0 Å². The average molecular weight is 419 g/mol. The molecule has 1 N–H and O–H groups in total. The molecule has 4 heteroatoms. The van der Waals surface area contributed by atoms with Crippen LogP contribution in [0, 0.1) is 0 Å². The third kappa shape index (κ3) is 6.25. The van der Waals surface area contributed by atoms with Gasteiger partial charge in [0, 0.05) is 0 Å². The minimum Gasteiger partial charge on any atom is -0.390 e. The quantitative estimate of drug-likeness (QED) is 0.537. The Kier molecular flexibility index (Phi) is 7.86. The second-order valence-corrected chi connectivity index (χ2v) is 8.00. The number of aliphatic hydroxyl groups excluding tert-OH is 1. The third-order valence-corrected chi connectivity index (χ3v) is 5.69. The monoisotopic (exact) mass is 418 g/mol. The maximum atomic E-state index is 10.8. The van der Waals surface area contributed by atoms with Crippen molar-refractivity contribution >= 4 is 0 Å². The maximum Gasteiger partial charge on any atom is 0.113 e. The normalized spacial score (nSPS) is 23.5. The van der Waals surface area contributed by atoms with E-state index in [-0.39, 0.29) is 12.2 Å². The zero-order chi connectivity index (χ0) is 21.3. The van der Waals surface area contributed by atoms with Crippen LogP contribution in [-0.4, -0.2) is 29.5 Å². The molecule has 3 aromatic rings. The Morgan fingerprint density at radius 2 is 0.968 bits per heavy atom. The Hall–Kier alpha value is -2.50. The van der Waals surface area contributed by atoms with Gasteiger partial charge in [0.05, 0.1) is 32.0 Å². The molecule has 0 heterocycles. The van der Waals surface area contributed by atoms with Crippen LogP contribution in [0.5, 0.6) is 0 Å². The molecular weight excluding hydrogens is 388 g/mol.